The third-order valence-corrected chi connectivity index (χ3v) is 9.81. The first-order chi connectivity index (χ1) is 12.9. The van der Waals surface area contributed by atoms with E-state index in [1.54, 1.807) is 0 Å². The molecular formula is C25H40O2. The average molecular weight is 373 g/mol. The number of allylic oxidation sites excluding steroid dienone is 2. The number of hydrogen-bond donors (Lipinski definition) is 0. The molecule has 4 rings (SSSR count). The van der Waals surface area contributed by atoms with Gasteiger partial charge in [-0.25, -0.2) is 0 Å². The number of esters is 1. The topological polar surface area (TPSA) is 26.3 Å². The Bertz CT molecular complexity index is 607. The Balaban J connectivity index is 1.51. The van der Waals surface area contributed by atoms with Gasteiger partial charge in [-0.1, -0.05) is 38.8 Å². The molecule has 0 aromatic rings. The van der Waals surface area contributed by atoms with Crippen LogP contribution in [-0.2, 0) is 9.53 Å². The summed E-state index contributed by atoms with van der Waals surface area (Å²) in [6.07, 6.45) is 16.9. The van der Waals surface area contributed by atoms with Gasteiger partial charge in [0.1, 0.15) is 0 Å². The van der Waals surface area contributed by atoms with E-state index in [1.165, 1.54) is 64.9 Å². The molecule has 0 bridgehead atoms. The number of carbonyl (C=O) groups excluding carboxylic acids is 1. The maximum absolute atomic E-state index is 11.6. The van der Waals surface area contributed by atoms with Gasteiger partial charge in [-0.3, -0.25) is 4.79 Å². The van der Waals surface area contributed by atoms with Gasteiger partial charge in [-0.05, 0) is 98.2 Å². The highest BCUT2D eigenvalue weighted by Crippen LogP contribution is 2.67. The number of carbonyl (C=O) groups is 1. The van der Waals surface area contributed by atoms with Gasteiger partial charge in [0.15, 0.2) is 0 Å². The second-order valence-electron chi connectivity index (χ2n) is 10.8. The smallest absolute Gasteiger partial charge is 0.305 e. The van der Waals surface area contributed by atoms with Gasteiger partial charge in [-0.2, -0.15) is 0 Å². The Kier molecular flexibility index (Phi) is 5.23. The molecule has 2 nitrogen and oxygen atoms in total. The summed E-state index contributed by atoms with van der Waals surface area (Å²) in [7, 11) is 1.51. The van der Waals surface area contributed by atoms with Crippen molar-refractivity contribution >= 4 is 5.97 Å². The fourth-order valence-corrected chi connectivity index (χ4v) is 8.32. The van der Waals surface area contributed by atoms with Crippen molar-refractivity contribution in [1.82, 2.24) is 0 Å². The van der Waals surface area contributed by atoms with Gasteiger partial charge in [0.25, 0.3) is 0 Å². The molecule has 0 N–H and O–H groups in total. The first-order valence-corrected chi connectivity index (χ1v) is 11.7. The van der Waals surface area contributed by atoms with Crippen LogP contribution in [0.2, 0.25) is 0 Å². The molecule has 0 spiro atoms. The molecule has 0 saturated heterocycles. The summed E-state index contributed by atoms with van der Waals surface area (Å²) in [6, 6.07) is 0. The second kappa shape index (κ2) is 7.23. The van der Waals surface area contributed by atoms with Crippen LogP contribution in [0.5, 0.6) is 0 Å². The van der Waals surface area contributed by atoms with Gasteiger partial charge in [0, 0.05) is 6.42 Å². The molecule has 0 heterocycles. The van der Waals surface area contributed by atoms with Crippen LogP contribution in [0.4, 0.5) is 0 Å². The Labute approximate surface area is 166 Å². The first kappa shape index (κ1) is 19.5. The average Bonchev–Trinajstić information content (AvgIpc) is 3.02. The largest absolute Gasteiger partial charge is 0.469 e. The third kappa shape index (κ3) is 3.10. The number of ether oxygens (including phenoxy) is 1. The van der Waals surface area contributed by atoms with Crippen LogP contribution in [0.1, 0.15) is 91.4 Å². The van der Waals surface area contributed by atoms with E-state index in [0.717, 1.165) is 30.1 Å². The molecule has 0 amide bonds. The van der Waals surface area contributed by atoms with Gasteiger partial charge >= 0.3 is 5.97 Å². The van der Waals surface area contributed by atoms with Crippen LogP contribution in [-0.4, -0.2) is 13.1 Å². The molecule has 0 unspecified atom stereocenters. The Hall–Kier alpha value is -0.790. The summed E-state index contributed by atoms with van der Waals surface area (Å²) < 4.78 is 4.88. The van der Waals surface area contributed by atoms with Crippen LogP contribution in [0.15, 0.2) is 11.6 Å². The lowest BCUT2D eigenvalue weighted by molar-refractivity contribution is -0.141. The van der Waals surface area contributed by atoms with Crippen molar-refractivity contribution in [3.63, 3.8) is 0 Å². The summed E-state index contributed by atoms with van der Waals surface area (Å²) in [5.74, 6) is 4.13. The Morgan fingerprint density at radius 3 is 2.78 bits per heavy atom. The number of methoxy groups -OCH3 is 1. The zero-order valence-corrected chi connectivity index (χ0v) is 18.1. The monoisotopic (exact) mass is 372 g/mol. The quantitative estimate of drug-likeness (QED) is 0.413. The molecule has 3 saturated carbocycles. The lowest BCUT2D eigenvalue weighted by Gasteiger charge is -2.58. The highest BCUT2D eigenvalue weighted by molar-refractivity contribution is 5.69. The lowest BCUT2D eigenvalue weighted by atomic mass is 9.47. The molecule has 0 aliphatic heterocycles. The molecule has 7 atom stereocenters. The van der Waals surface area contributed by atoms with Crippen molar-refractivity contribution in [3.05, 3.63) is 11.6 Å². The van der Waals surface area contributed by atoms with E-state index in [1.807, 2.05) is 5.57 Å². The van der Waals surface area contributed by atoms with Crippen molar-refractivity contribution in [3.8, 4) is 0 Å². The highest BCUT2D eigenvalue weighted by Gasteiger charge is 2.58. The Morgan fingerprint density at radius 1 is 1.19 bits per heavy atom. The number of hydrogen-bond acceptors (Lipinski definition) is 2. The lowest BCUT2D eigenvalue weighted by Crippen LogP contribution is -2.50. The summed E-state index contributed by atoms with van der Waals surface area (Å²) in [5, 5.41) is 0. The molecule has 0 aromatic heterocycles. The van der Waals surface area contributed by atoms with E-state index in [-0.39, 0.29) is 5.97 Å². The van der Waals surface area contributed by atoms with Gasteiger partial charge in [0.05, 0.1) is 7.11 Å². The summed E-state index contributed by atoms with van der Waals surface area (Å²) in [6.45, 7) is 7.63. The molecule has 152 valence electrons. The van der Waals surface area contributed by atoms with Gasteiger partial charge < -0.3 is 4.74 Å². The van der Waals surface area contributed by atoms with Crippen LogP contribution in [0, 0.1) is 40.4 Å². The van der Waals surface area contributed by atoms with Crippen molar-refractivity contribution in [2.75, 3.05) is 7.11 Å². The minimum Gasteiger partial charge on any atom is -0.469 e. The molecule has 0 aromatic carbocycles. The third-order valence-electron chi connectivity index (χ3n) is 9.81. The molecule has 4 aliphatic carbocycles. The Morgan fingerprint density at radius 2 is 2.00 bits per heavy atom. The molecular weight excluding hydrogens is 332 g/mol. The molecule has 4 aliphatic rings. The predicted octanol–water partition coefficient (Wildman–Crippen LogP) is 6.54. The molecule has 0 radical (unpaired) electrons. The fraction of sp³-hybridized carbons (Fsp3) is 0.880. The fourth-order valence-electron chi connectivity index (χ4n) is 8.32. The van der Waals surface area contributed by atoms with Crippen LogP contribution < -0.4 is 0 Å². The zero-order valence-electron chi connectivity index (χ0n) is 18.1. The van der Waals surface area contributed by atoms with Crippen LogP contribution >= 0.6 is 0 Å². The van der Waals surface area contributed by atoms with Crippen LogP contribution in [0.25, 0.3) is 0 Å². The van der Waals surface area contributed by atoms with E-state index in [0.29, 0.717) is 23.2 Å². The standard InChI is InChI=1S/C25H40O2/c1-17(8-13-23(26)27-4)20-11-12-21-19-10-9-18-7-5-6-15-24(18,2)22(19)14-16-25(20,21)3/h9,17,19-22H,5-8,10-16H2,1-4H3/t17-,19+,20-,21+,22+,24+,25-/m1/s1. The minimum atomic E-state index is -0.0413. The summed E-state index contributed by atoms with van der Waals surface area (Å²) >= 11 is 0. The highest BCUT2D eigenvalue weighted by atomic mass is 16.5. The number of fused-ring (bicyclic) bond motifs is 5. The molecule has 27 heavy (non-hydrogen) atoms. The van der Waals surface area contributed by atoms with Crippen molar-refractivity contribution in [2.45, 2.75) is 91.4 Å². The summed E-state index contributed by atoms with van der Waals surface area (Å²) in [4.78, 5) is 11.6. The van der Waals surface area contributed by atoms with Crippen molar-refractivity contribution in [1.29, 1.82) is 0 Å². The SMILES string of the molecule is COC(=O)CC[C@@H](C)[C@H]1CC[C@H]2[C@@H]3CC=C4CCCC[C@]4(C)[C@H]3CC[C@]12C. The van der Waals surface area contributed by atoms with Crippen molar-refractivity contribution < 1.29 is 9.53 Å². The number of rotatable bonds is 4. The maximum atomic E-state index is 11.6. The minimum absolute atomic E-state index is 0.0413. The first-order valence-electron chi connectivity index (χ1n) is 11.7. The van der Waals surface area contributed by atoms with Crippen molar-refractivity contribution in [2.24, 2.45) is 40.4 Å². The predicted molar refractivity (Wildman–Crippen MR) is 110 cm³/mol. The maximum Gasteiger partial charge on any atom is 0.305 e. The second-order valence-corrected chi connectivity index (χ2v) is 10.8. The normalized spacial score (nSPS) is 44.5. The van der Waals surface area contributed by atoms with Gasteiger partial charge in [-0.15, -0.1) is 0 Å². The molecule has 3 fully saturated rings. The zero-order chi connectivity index (χ0) is 19.2. The van der Waals surface area contributed by atoms with E-state index in [4.69, 9.17) is 4.74 Å². The van der Waals surface area contributed by atoms with E-state index >= 15 is 0 Å². The van der Waals surface area contributed by atoms with Crippen LogP contribution in [0.3, 0.4) is 0 Å². The van der Waals surface area contributed by atoms with E-state index in [9.17, 15) is 4.79 Å². The van der Waals surface area contributed by atoms with E-state index < -0.39 is 0 Å². The summed E-state index contributed by atoms with van der Waals surface area (Å²) in [5.41, 5.74) is 2.82. The molecule has 2 heteroatoms. The van der Waals surface area contributed by atoms with E-state index in [2.05, 4.69) is 26.8 Å². The van der Waals surface area contributed by atoms with Gasteiger partial charge in [0.2, 0.25) is 0 Å².